The summed E-state index contributed by atoms with van der Waals surface area (Å²) in [6.07, 6.45) is 0. The maximum atomic E-state index is 12.2. The molecule has 0 aliphatic rings. The van der Waals surface area contributed by atoms with Gasteiger partial charge in [0.25, 0.3) is 0 Å². The van der Waals surface area contributed by atoms with E-state index in [1.54, 1.807) is 11.4 Å². The van der Waals surface area contributed by atoms with Crippen molar-refractivity contribution in [3.05, 3.63) is 41.8 Å². The Labute approximate surface area is 135 Å². The Morgan fingerprint density at radius 1 is 1.35 bits per heavy atom. The molecule has 0 radical (unpaired) electrons. The first-order valence-electron chi connectivity index (χ1n) is 5.20. The van der Waals surface area contributed by atoms with E-state index in [9.17, 15) is 13.2 Å². The van der Waals surface area contributed by atoms with Gasteiger partial charge in [0, 0.05) is 20.0 Å². The zero-order chi connectivity index (χ0) is 14.9. The van der Waals surface area contributed by atoms with E-state index in [1.165, 1.54) is 6.07 Å². The number of aromatic amines is 1. The third-order valence-electron chi connectivity index (χ3n) is 2.33. The number of nitrogens with one attached hydrogen (secondary N) is 2. The number of benzene rings is 1. The van der Waals surface area contributed by atoms with Crippen LogP contribution in [0.5, 0.6) is 0 Å². The number of anilines is 1. The molecular weight excluding hydrogens is 434 g/mol. The summed E-state index contributed by atoms with van der Waals surface area (Å²) in [5, 5.41) is 1.56. The van der Waals surface area contributed by atoms with Crippen LogP contribution in [0.2, 0.25) is 0 Å². The number of nitrogens with two attached hydrogens (primary N) is 1. The molecule has 0 aliphatic carbocycles. The predicted octanol–water partition coefficient (Wildman–Crippen LogP) is 2.02. The van der Waals surface area contributed by atoms with Crippen LogP contribution in [0.1, 0.15) is 5.69 Å². The SMILES string of the molecule is Nc1cc(Br)cc(Br)c1S(=O)(=O)NCc1csc(=O)[nH]1. The molecule has 1 aromatic carbocycles. The van der Waals surface area contributed by atoms with Gasteiger partial charge in [0.2, 0.25) is 10.0 Å². The van der Waals surface area contributed by atoms with Crippen molar-refractivity contribution in [3.63, 3.8) is 0 Å². The van der Waals surface area contributed by atoms with Crippen molar-refractivity contribution in [3.8, 4) is 0 Å². The molecule has 0 aliphatic heterocycles. The molecule has 0 saturated heterocycles. The number of sulfonamides is 1. The lowest BCUT2D eigenvalue weighted by Crippen LogP contribution is -2.25. The van der Waals surface area contributed by atoms with Gasteiger partial charge in [-0.25, -0.2) is 13.1 Å². The molecule has 0 atom stereocenters. The zero-order valence-electron chi connectivity index (χ0n) is 9.81. The highest BCUT2D eigenvalue weighted by Gasteiger charge is 2.21. The molecule has 0 amide bonds. The van der Waals surface area contributed by atoms with Crippen molar-refractivity contribution < 1.29 is 8.42 Å². The molecule has 108 valence electrons. The van der Waals surface area contributed by atoms with Gasteiger partial charge in [-0.1, -0.05) is 27.3 Å². The fraction of sp³-hybridized carbons (Fsp3) is 0.100. The van der Waals surface area contributed by atoms with Gasteiger partial charge in [-0.15, -0.1) is 0 Å². The van der Waals surface area contributed by atoms with Crippen LogP contribution in [0.4, 0.5) is 5.69 Å². The number of halogens is 2. The van der Waals surface area contributed by atoms with Crippen molar-refractivity contribution in [2.45, 2.75) is 11.4 Å². The van der Waals surface area contributed by atoms with Gasteiger partial charge in [0.1, 0.15) is 4.90 Å². The smallest absolute Gasteiger partial charge is 0.304 e. The van der Waals surface area contributed by atoms with E-state index >= 15 is 0 Å². The Kier molecular flexibility index (Phi) is 4.69. The first kappa shape index (κ1) is 15.7. The van der Waals surface area contributed by atoms with Gasteiger partial charge in [-0.2, -0.15) is 0 Å². The molecule has 0 bridgehead atoms. The van der Waals surface area contributed by atoms with Crippen molar-refractivity contribution in [1.29, 1.82) is 0 Å². The summed E-state index contributed by atoms with van der Waals surface area (Å²) in [5.74, 6) is 0. The van der Waals surface area contributed by atoms with Gasteiger partial charge < -0.3 is 10.7 Å². The first-order chi connectivity index (χ1) is 9.29. The Bertz CT molecular complexity index is 775. The number of rotatable bonds is 4. The number of aromatic nitrogens is 1. The second kappa shape index (κ2) is 5.98. The Morgan fingerprint density at radius 2 is 2.05 bits per heavy atom. The van der Waals surface area contributed by atoms with Gasteiger partial charge in [-0.05, 0) is 28.1 Å². The highest BCUT2D eigenvalue weighted by Crippen LogP contribution is 2.31. The number of hydrogen-bond acceptors (Lipinski definition) is 5. The van der Waals surface area contributed by atoms with E-state index < -0.39 is 10.0 Å². The summed E-state index contributed by atoms with van der Waals surface area (Å²) in [6, 6.07) is 3.10. The molecule has 4 N–H and O–H groups in total. The molecule has 1 heterocycles. The molecule has 0 fully saturated rings. The van der Waals surface area contributed by atoms with E-state index in [4.69, 9.17) is 5.73 Å². The minimum Gasteiger partial charge on any atom is -0.398 e. The van der Waals surface area contributed by atoms with Crippen LogP contribution in [-0.4, -0.2) is 13.4 Å². The van der Waals surface area contributed by atoms with Crippen LogP contribution in [0, 0.1) is 0 Å². The summed E-state index contributed by atoms with van der Waals surface area (Å²) in [4.78, 5) is 13.2. The molecule has 6 nitrogen and oxygen atoms in total. The first-order valence-corrected chi connectivity index (χ1v) is 9.15. The summed E-state index contributed by atoms with van der Waals surface area (Å²) in [6.45, 7) is -0.0109. The average molecular weight is 443 g/mol. The summed E-state index contributed by atoms with van der Waals surface area (Å²) in [5.41, 5.74) is 6.36. The molecule has 1 aromatic heterocycles. The Morgan fingerprint density at radius 3 is 2.60 bits per heavy atom. The molecule has 2 rings (SSSR count). The van der Waals surface area contributed by atoms with Crippen LogP contribution in [-0.2, 0) is 16.6 Å². The Hall–Kier alpha value is -0.680. The predicted molar refractivity (Wildman–Crippen MR) is 85.2 cm³/mol. The fourth-order valence-corrected chi connectivity index (χ4v) is 5.16. The number of thiazole rings is 1. The van der Waals surface area contributed by atoms with Crippen LogP contribution < -0.4 is 15.3 Å². The molecule has 2 aromatic rings. The minimum absolute atomic E-state index is 0.0109. The van der Waals surface area contributed by atoms with Crippen LogP contribution in [0.3, 0.4) is 0 Å². The van der Waals surface area contributed by atoms with Crippen molar-refractivity contribution in [2.24, 2.45) is 0 Å². The van der Waals surface area contributed by atoms with E-state index in [1.807, 2.05) is 0 Å². The minimum atomic E-state index is -3.79. The standard InChI is InChI=1S/C10H9Br2N3O3S2/c11-5-1-7(12)9(8(13)2-5)20(17,18)14-3-6-4-19-10(16)15-6/h1-2,4,14H,3,13H2,(H,15,16). The third kappa shape index (κ3) is 3.50. The average Bonchev–Trinajstić information content (AvgIpc) is 2.71. The maximum absolute atomic E-state index is 12.2. The molecule has 0 spiro atoms. The van der Waals surface area contributed by atoms with Gasteiger partial charge >= 0.3 is 4.87 Å². The summed E-state index contributed by atoms with van der Waals surface area (Å²) in [7, 11) is -3.79. The lowest BCUT2D eigenvalue weighted by Gasteiger charge is -2.11. The molecule has 20 heavy (non-hydrogen) atoms. The van der Waals surface area contributed by atoms with Crippen LogP contribution in [0.25, 0.3) is 0 Å². The van der Waals surface area contributed by atoms with Gasteiger partial charge in [0.05, 0.1) is 12.2 Å². The van der Waals surface area contributed by atoms with E-state index in [2.05, 4.69) is 41.6 Å². The maximum Gasteiger partial charge on any atom is 0.304 e. The quantitative estimate of drug-likeness (QED) is 0.629. The third-order valence-corrected chi connectivity index (χ3v) is 5.91. The zero-order valence-corrected chi connectivity index (χ0v) is 14.6. The van der Waals surface area contributed by atoms with E-state index in [0.29, 0.717) is 14.6 Å². The highest BCUT2D eigenvalue weighted by molar-refractivity contribution is 9.11. The molecular formula is C10H9Br2N3O3S2. The fourth-order valence-electron chi connectivity index (χ4n) is 1.51. The summed E-state index contributed by atoms with van der Waals surface area (Å²) < 4.78 is 27.9. The Balaban J connectivity index is 2.29. The lowest BCUT2D eigenvalue weighted by atomic mass is 10.3. The molecule has 0 unspecified atom stereocenters. The second-order valence-electron chi connectivity index (χ2n) is 3.80. The molecule has 0 saturated carbocycles. The van der Waals surface area contributed by atoms with Crippen molar-refractivity contribution >= 4 is 58.9 Å². The highest BCUT2D eigenvalue weighted by atomic mass is 79.9. The largest absolute Gasteiger partial charge is 0.398 e. The van der Waals surface area contributed by atoms with E-state index in [-0.39, 0.29) is 22.0 Å². The summed E-state index contributed by atoms with van der Waals surface area (Å²) >= 11 is 7.38. The van der Waals surface area contributed by atoms with Crippen molar-refractivity contribution in [1.82, 2.24) is 9.71 Å². The topological polar surface area (TPSA) is 105 Å². The number of hydrogen-bond donors (Lipinski definition) is 3. The van der Waals surface area contributed by atoms with Crippen LogP contribution in [0.15, 0.2) is 36.1 Å². The monoisotopic (exact) mass is 441 g/mol. The second-order valence-corrected chi connectivity index (χ2v) is 8.12. The van der Waals surface area contributed by atoms with Gasteiger partial charge in [-0.3, -0.25) is 4.79 Å². The lowest BCUT2D eigenvalue weighted by molar-refractivity contribution is 0.580. The number of H-pyrrole nitrogens is 1. The van der Waals surface area contributed by atoms with Gasteiger partial charge in [0.15, 0.2) is 0 Å². The molecule has 10 heteroatoms. The van der Waals surface area contributed by atoms with Crippen LogP contribution >= 0.6 is 43.2 Å². The van der Waals surface area contributed by atoms with E-state index in [0.717, 1.165) is 11.3 Å². The normalized spacial score (nSPS) is 11.7. The number of nitrogen functional groups attached to an aromatic ring is 1. The van der Waals surface area contributed by atoms with Crippen molar-refractivity contribution in [2.75, 3.05) is 5.73 Å².